The number of carbonyl (C=O) groups excluding carboxylic acids is 1. The molecule has 0 aliphatic rings. The van der Waals surface area contributed by atoms with Crippen molar-refractivity contribution < 1.29 is 32.7 Å². The summed E-state index contributed by atoms with van der Waals surface area (Å²) >= 11 is 0. The third-order valence-corrected chi connectivity index (χ3v) is 6.54. The van der Waals surface area contributed by atoms with Crippen molar-refractivity contribution >= 4 is 14.8 Å². The van der Waals surface area contributed by atoms with E-state index in [4.69, 9.17) is 28.0 Å². The van der Waals surface area contributed by atoms with Gasteiger partial charge in [-0.15, -0.1) is 0 Å². The summed E-state index contributed by atoms with van der Waals surface area (Å²) in [5, 5.41) is 18.6. The summed E-state index contributed by atoms with van der Waals surface area (Å²) < 4.78 is 26.2. The van der Waals surface area contributed by atoms with E-state index in [1.165, 1.54) is 0 Å². The molecule has 1 N–H and O–H groups in total. The fourth-order valence-corrected chi connectivity index (χ4v) is 3.64. The molecule has 0 aliphatic heterocycles. The lowest BCUT2D eigenvalue weighted by Crippen LogP contribution is -2.42. The van der Waals surface area contributed by atoms with Gasteiger partial charge in [0.05, 0.1) is 18.1 Å². The molecule has 0 aromatic heterocycles. The van der Waals surface area contributed by atoms with E-state index in [0.29, 0.717) is 25.5 Å². The molecule has 0 aromatic carbocycles. The first-order valence-electron chi connectivity index (χ1n) is 8.22. The van der Waals surface area contributed by atoms with Crippen molar-refractivity contribution in [1.82, 2.24) is 0 Å². The molecule has 0 fully saturated rings. The maximum absolute atomic E-state index is 11.6. The van der Waals surface area contributed by atoms with Gasteiger partial charge in [-0.25, -0.2) is 0 Å². The third-order valence-electron chi connectivity index (χ3n) is 3.71. The second-order valence-corrected chi connectivity index (χ2v) is 9.40. The van der Waals surface area contributed by atoms with Crippen LogP contribution in [-0.2, 0) is 27.5 Å². The molecule has 0 aromatic rings. The van der Waals surface area contributed by atoms with E-state index in [9.17, 15) is 9.90 Å². The third kappa shape index (κ3) is 10.5. The number of hydrogen-bond donors (Lipinski definition) is 1. The standard InChI is InChI=1S/C16H31NO7Si/c1-16(2,13-17)8-7-15(19)24-12-14(18)11-23-9-6-10-25(20-3,21-4)22-5/h14,18H,6-12H2,1-5H3. The molecule has 25 heavy (non-hydrogen) atoms. The number of rotatable bonds is 14. The number of aliphatic hydroxyl groups excluding tert-OH is 1. The molecule has 8 nitrogen and oxygen atoms in total. The van der Waals surface area contributed by atoms with Crippen LogP contribution in [0.15, 0.2) is 0 Å². The minimum atomic E-state index is -2.59. The van der Waals surface area contributed by atoms with E-state index >= 15 is 0 Å². The van der Waals surface area contributed by atoms with Crippen LogP contribution in [0.1, 0.15) is 33.1 Å². The van der Waals surface area contributed by atoms with Crippen molar-refractivity contribution in [3.05, 3.63) is 0 Å². The highest BCUT2D eigenvalue weighted by atomic mass is 28.4. The largest absolute Gasteiger partial charge is 0.500 e. The van der Waals surface area contributed by atoms with Crippen LogP contribution in [0.25, 0.3) is 0 Å². The SMILES string of the molecule is CO[Si](CCCOCC(O)COC(=O)CCC(C)(C)C#N)(OC)OC. The van der Waals surface area contributed by atoms with Crippen LogP contribution in [0.3, 0.4) is 0 Å². The van der Waals surface area contributed by atoms with Gasteiger partial charge in [-0.3, -0.25) is 4.79 Å². The van der Waals surface area contributed by atoms with Gasteiger partial charge in [0.1, 0.15) is 12.7 Å². The molecule has 0 saturated carbocycles. The lowest BCUT2D eigenvalue weighted by atomic mass is 9.90. The highest BCUT2D eigenvalue weighted by Crippen LogP contribution is 2.20. The van der Waals surface area contributed by atoms with Crippen molar-refractivity contribution in [2.45, 2.75) is 45.3 Å². The van der Waals surface area contributed by atoms with Crippen LogP contribution >= 0.6 is 0 Å². The van der Waals surface area contributed by atoms with Crippen LogP contribution in [0.2, 0.25) is 6.04 Å². The minimum absolute atomic E-state index is 0.0679. The van der Waals surface area contributed by atoms with Crippen LogP contribution < -0.4 is 0 Å². The fourth-order valence-electron chi connectivity index (χ4n) is 1.95. The van der Waals surface area contributed by atoms with Crippen molar-refractivity contribution in [3.8, 4) is 6.07 Å². The molecule has 0 saturated heterocycles. The molecule has 0 bridgehead atoms. The van der Waals surface area contributed by atoms with E-state index in [0.717, 1.165) is 0 Å². The minimum Gasteiger partial charge on any atom is -0.463 e. The molecular weight excluding hydrogens is 346 g/mol. The van der Waals surface area contributed by atoms with Gasteiger partial charge in [0.2, 0.25) is 0 Å². The Kier molecular flexibility index (Phi) is 11.8. The summed E-state index contributed by atoms with van der Waals surface area (Å²) in [5.41, 5.74) is -0.564. The number of hydrogen-bond acceptors (Lipinski definition) is 8. The van der Waals surface area contributed by atoms with Crippen molar-refractivity contribution in [2.24, 2.45) is 5.41 Å². The molecule has 146 valence electrons. The Morgan fingerprint density at radius 3 is 2.32 bits per heavy atom. The van der Waals surface area contributed by atoms with E-state index < -0.39 is 26.3 Å². The zero-order valence-electron chi connectivity index (χ0n) is 15.9. The Labute approximate surface area is 151 Å². The first-order valence-corrected chi connectivity index (χ1v) is 10.2. The summed E-state index contributed by atoms with van der Waals surface area (Å²) in [5.74, 6) is -0.432. The highest BCUT2D eigenvalue weighted by molar-refractivity contribution is 6.60. The Balaban J connectivity index is 3.83. The zero-order chi connectivity index (χ0) is 19.3. The number of aliphatic hydroxyl groups is 1. The van der Waals surface area contributed by atoms with E-state index in [1.807, 2.05) is 0 Å². The van der Waals surface area contributed by atoms with Crippen LogP contribution in [0.5, 0.6) is 0 Å². The number of nitrogens with zero attached hydrogens (tertiary/aromatic N) is 1. The van der Waals surface area contributed by atoms with E-state index in [1.54, 1.807) is 35.2 Å². The highest BCUT2D eigenvalue weighted by Gasteiger charge is 2.36. The lowest BCUT2D eigenvalue weighted by molar-refractivity contribution is -0.148. The number of nitriles is 1. The molecular formula is C16H31NO7Si. The lowest BCUT2D eigenvalue weighted by Gasteiger charge is -2.24. The smallest absolute Gasteiger partial charge is 0.463 e. The van der Waals surface area contributed by atoms with Crippen molar-refractivity contribution in [2.75, 3.05) is 41.2 Å². The maximum Gasteiger partial charge on any atom is 0.500 e. The first kappa shape index (κ1) is 24.0. The van der Waals surface area contributed by atoms with Gasteiger partial charge < -0.3 is 27.9 Å². The van der Waals surface area contributed by atoms with Crippen molar-refractivity contribution in [1.29, 1.82) is 5.26 Å². The van der Waals surface area contributed by atoms with Crippen LogP contribution in [0, 0.1) is 16.7 Å². The first-order chi connectivity index (χ1) is 11.7. The fraction of sp³-hybridized carbons (Fsp3) is 0.875. The Hall–Kier alpha value is -1.02. The predicted molar refractivity (Wildman–Crippen MR) is 92.6 cm³/mol. The van der Waals surface area contributed by atoms with E-state index in [-0.39, 0.29) is 19.6 Å². The summed E-state index contributed by atoms with van der Waals surface area (Å²) in [6.45, 7) is 3.87. The Morgan fingerprint density at radius 1 is 1.20 bits per heavy atom. The molecule has 0 radical (unpaired) electrons. The number of carbonyl (C=O) groups is 1. The normalized spacial score (nSPS) is 13.3. The topological polar surface area (TPSA) is 107 Å². The summed E-state index contributed by atoms with van der Waals surface area (Å²) in [6, 6.07) is 2.73. The summed E-state index contributed by atoms with van der Waals surface area (Å²) in [7, 11) is 2.07. The van der Waals surface area contributed by atoms with Gasteiger partial charge in [-0.2, -0.15) is 5.26 Å². The van der Waals surface area contributed by atoms with Gasteiger partial charge in [-0.05, 0) is 26.7 Å². The molecule has 1 unspecified atom stereocenters. The predicted octanol–water partition coefficient (Wildman–Crippen LogP) is 1.51. The quantitative estimate of drug-likeness (QED) is 0.276. The van der Waals surface area contributed by atoms with Gasteiger partial charge in [-0.1, -0.05) is 0 Å². The molecule has 0 amide bonds. The van der Waals surface area contributed by atoms with Gasteiger partial charge in [0.25, 0.3) is 0 Å². The average Bonchev–Trinajstić information content (AvgIpc) is 2.62. The van der Waals surface area contributed by atoms with Gasteiger partial charge >= 0.3 is 14.8 Å². The number of ether oxygens (including phenoxy) is 2. The second kappa shape index (κ2) is 12.3. The summed E-state index contributed by atoms with van der Waals surface area (Å²) in [6.07, 6.45) is 0.338. The van der Waals surface area contributed by atoms with Gasteiger partial charge in [0.15, 0.2) is 0 Å². The Morgan fingerprint density at radius 2 is 1.80 bits per heavy atom. The molecule has 0 aliphatic carbocycles. The average molecular weight is 378 g/mol. The zero-order valence-corrected chi connectivity index (χ0v) is 16.9. The molecule has 1 atom stereocenters. The molecule has 0 spiro atoms. The van der Waals surface area contributed by atoms with Crippen molar-refractivity contribution in [3.63, 3.8) is 0 Å². The maximum atomic E-state index is 11.6. The van der Waals surface area contributed by atoms with Crippen LogP contribution in [0.4, 0.5) is 0 Å². The second-order valence-electron chi connectivity index (χ2n) is 6.31. The summed E-state index contributed by atoms with van der Waals surface area (Å²) in [4.78, 5) is 11.6. The Bertz CT molecular complexity index is 413. The van der Waals surface area contributed by atoms with Gasteiger partial charge in [0, 0.05) is 40.4 Å². The van der Waals surface area contributed by atoms with Crippen LogP contribution in [-0.4, -0.2) is 67.1 Å². The number of esters is 1. The molecule has 0 heterocycles. The van der Waals surface area contributed by atoms with E-state index in [2.05, 4.69) is 6.07 Å². The monoisotopic (exact) mass is 377 g/mol. The molecule has 0 rings (SSSR count). The molecule has 9 heteroatoms.